The van der Waals surface area contributed by atoms with Crippen molar-refractivity contribution in [3.8, 4) is 22.3 Å². The first kappa shape index (κ1) is 39.0. The van der Waals surface area contributed by atoms with Gasteiger partial charge >= 0.3 is 26.6 Å². The van der Waals surface area contributed by atoms with E-state index in [1.54, 1.807) is 0 Å². The zero-order valence-electron chi connectivity index (χ0n) is 32.6. The number of hydrogen-bond acceptors (Lipinski definition) is 4. The summed E-state index contributed by atoms with van der Waals surface area (Å²) < 4.78 is 13.5. The van der Waals surface area contributed by atoms with Gasteiger partial charge in [0, 0.05) is 19.5 Å². The molecule has 0 spiro atoms. The van der Waals surface area contributed by atoms with Gasteiger partial charge < -0.3 is 19.3 Å². The molecule has 0 unspecified atom stereocenters. The van der Waals surface area contributed by atoms with Gasteiger partial charge in [-0.15, -0.1) is 22.1 Å². The molecule has 3 aliphatic rings. The summed E-state index contributed by atoms with van der Waals surface area (Å²) in [5.41, 5.74) is 17.7. The molecule has 258 valence electrons. The normalized spacial score (nSPS) is 15.4. The fourth-order valence-electron chi connectivity index (χ4n) is 7.91. The Bertz CT molecular complexity index is 2410. The minimum absolute atomic E-state index is 0. The minimum atomic E-state index is -0.682. The molecule has 6 heterocycles. The molecule has 1 fully saturated rings. The first-order chi connectivity index (χ1) is 24.2. The maximum absolute atomic E-state index is 6.73. The molecule has 0 N–H and O–H groups in total. The second kappa shape index (κ2) is 14.2. The van der Waals surface area contributed by atoms with Gasteiger partial charge in [0.2, 0.25) is 0 Å². The molecule has 6 nitrogen and oxygen atoms in total. The van der Waals surface area contributed by atoms with Crippen LogP contribution in [0.2, 0.25) is 0 Å². The van der Waals surface area contributed by atoms with E-state index in [0.29, 0.717) is 0 Å². The summed E-state index contributed by atoms with van der Waals surface area (Å²) >= 11 is 0. The van der Waals surface area contributed by atoms with E-state index in [4.69, 9.17) is 29.2 Å². The molecule has 0 aliphatic carbocycles. The third kappa shape index (κ3) is 6.80. The van der Waals surface area contributed by atoms with Crippen LogP contribution in [0.5, 0.6) is 0 Å². The Morgan fingerprint density at radius 1 is 0.528 bits per heavy atom. The molecule has 0 atom stereocenters. The van der Waals surface area contributed by atoms with Crippen LogP contribution in [-0.2, 0) is 48.3 Å². The van der Waals surface area contributed by atoms with Gasteiger partial charge in [0.25, 0.3) is 0 Å². The predicted octanol–water partition coefficient (Wildman–Crippen LogP) is 9.39. The van der Waals surface area contributed by atoms with Gasteiger partial charge in [-0.2, -0.15) is 0 Å². The van der Waals surface area contributed by atoms with Crippen molar-refractivity contribution in [3.63, 3.8) is 0 Å². The zero-order valence-corrected chi connectivity index (χ0v) is 38.5. The van der Waals surface area contributed by atoms with Crippen molar-refractivity contribution in [2.24, 2.45) is 0 Å². The molecule has 0 saturated carbocycles. The molecular weight excluding hydrogens is 758 g/mol. The van der Waals surface area contributed by atoms with Crippen LogP contribution in [0.1, 0.15) is 83.9 Å². The Morgan fingerprint density at radius 2 is 0.981 bits per heavy atom. The molecule has 9 heteroatoms. The number of nitrogens with zero attached hydrogens (tertiary/aromatic N) is 4. The number of aryl methyl sites for hydroxylation is 6. The molecule has 53 heavy (non-hydrogen) atoms. The average molecular weight is 801 g/mol. The molecule has 8 bridgehead atoms. The van der Waals surface area contributed by atoms with Gasteiger partial charge in [-0.1, -0.05) is 65.7 Å². The number of aromatic nitrogens is 4. The van der Waals surface area contributed by atoms with Crippen LogP contribution in [0.3, 0.4) is 0 Å². The van der Waals surface area contributed by atoms with E-state index in [1.165, 1.54) is 33.4 Å². The average Bonchev–Trinajstić information content (AvgIpc) is 3.86. The fourth-order valence-corrected chi connectivity index (χ4v) is 7.91. The van der Waals surface area contributed by atoms with Crippen molar-refractivity contribution in [2.45, 2.75) is 80.4 Å². The maximum atomic E-state index is 6.73. The topological polar surface area (TPSA) is 72.4 Å². The van der Waals surface area contributed by atoms with Crippen LogP contribution in [0.15, 0.2) is 54.6 Å². The first-order valence-electron chi connectivity index (χ1n) is 17.7. The maximum Gasteiger partial charge on any atom is 2.00 e. The number of rotatable bonds is 3. The number of benzene rings is 2. The third-order valence-electron chi connectivity index (χ3n) is 10.8. The SMILES string of the molecule is Cc1cc(C)c(-c2c3nc(c(B4OC(C)(C)C(C)(C)O4)c4ccc([n-]4)c(-c4c(C)cc(C)cc4C)c4nc(cc5ccc2[n-]5)C=C4)C=C3)c(C)c1.[Zn+2].[Zn]. The Labute approximate surface area is 338 Å². The fraction of sp³-hybridized carbons (Fsp3) is 0.273. The van der Waals surface area contributed by atoms with E-state index in [0.717, 1.165) is 72.6 Å². The van der Waals surface area contributed by atoms with Crippen molar-refractivity contribution in [1.29, 1.82) is 0 Å². The first-order valence-corrected chi connectivity index (χ1v) is 17.7. The molecular formula is C44H43BN4O2Zn2. The molecule has 2 aromatic carbocycles. The van der Waals surface area contributed by atoms with E-state index in [9.17, 15) is 0 Å². The Kier molecular flexibility index (Phi) is 10.4. The standard InChI is InChI=1S/C44H43BN4O2.2Zn/c1-24-19-26(3)38(27(4)20-24)40-32-13-11-30(46-32)23-31-12-14-33(47-31)41(39-28(5)21-25(2)22-29(39)6)35-16-18-37(49-35)42(36-17-15-34(40)48-36)45-50-43(7,8)44(9,10)51-45;;/h11-23H,1-10H3;;/q-2;;+2. The van der Waals surface area contributed by atoms with Crippen LogP contribution in [0.25, 0.3) is 68.6 Å². The van der Waals surface area contributed by atoms with Gasteiger partial charge in [0.1, 0.15) is 0 Å². The van der Waals surface area contributed by atoms with Gasteiger partial charge in [0.15, 0.2) is 0 Å². The molecule has 0 amide bonds. The van der Waals surface area contributed by atoms with Crippen molar-refractivity contribution in [3.05, 3.63) is 111 Å². The molecule has 0 radical (unpaired) electrons. The molecule has 5 aromatic rings. The van der Waals surface area contributed by atoms with Gasteiger partial charge in [-0.3, -0.25) is 0 Å². The summed E-state index contributed by atoms with van der Waals surface area (Å²) in [6.07, 6.45) is 8.32. The summed E-state index contributed by atoms with van der Waals surface area (Å²) in [7, 11) is -0.682. The van der Waals surface area contributed by atoms with E-state index < -0.39 is 18.3 Å². The summed E-state index contributed by atoms with van der Waals surface area (Å²) in [4.78, 5) is 21.1. The van der Waals surface area contributed by atoms with Gasteiger partial charge in [-0.25, -0.2) is 9.97 Å². The minimum Gasteiger partial charge on any atom is -0.658 e. The smallest absolute Gasteiger partial charge is 0.658 e. The van der Waals surface area contributed by atoms with E-state index in [-0.39, 0.29) is 39.0 Å². The quantitative estimate of drug-likeness (QED) is 0.166. The Balaban J connectivity index is 0.00000240. The Hall–Kier alpha value is -3.73. The largest absolute Gasteiger partial charge is 2.00 e. The van der Waals surface area contributed by atoms with E-state index >= 15 is 0 Å². The summed E-state index contributed by atoms with van der Waals surface area (Å²) in [5, 5.41) is 0. The zero-order chi connectivity index (χ0) is 36.0. The van der Waals surface area contributed by atoms with Crippen LogP contribution in [0.4, 0.5) is 0 Å². The van der Waals surface area contributed by atoms with Crippen molar-refractivity contribution >= 4 is 59.0 Å². The van der Waals surface area contributed by atoms with Crippen molar-refractivity contribution < 1.29 is 48.3 Å². The van der Waals surface area contributed by atoms with Crippen molar-refractivity contribution in [2.75, 3.05) is 0 Å². The second-order valence-corrected chi connectivity index (χ2v) is 15.4. The van der Waals surface area contributed by atoms with Gasteiger partial charge in [-0.05, 0) is 144 Å². The molecule has 3 aromatic heterocycles. The van der Waals surface area contributed by atoms with Gasteiger partial charge in [0.05, 0.1) is 34.0 Å². The summed E-state index contributed by atoms with van der Waals surface area (Å²) in [6.45, 7) is 21.3. The van der Waals surface area contributed by atoms with Crippen LogP contribution < -0.4 is 15.4 Å². The second-order valence-electron chi connectivity index (χ2n) is 15.4. The van der Waals surface area contributed by atoms with E-state index in [1.807, 2.05) is 0 Å². The van der Waals surface area contributed by atoms with E-state index in [2.05, 4.69) is 148 Å². The van der Waals surface area contributed by atoms with Crippen LogP contribution in [0, 0.1) is 41.5 Å². The number of hydrogen-bond donors (Lipinski definition) is 0. The molecule has 3 aliphatic heterocycles. The van der Waals surface area contributed by atoms with Crippen LogP contribution in [-0.4, -0.2) is 28.3 Å². The summed E-state index contributed by atoms with van der Waals surface area (Å²) in [5.74, 6) is 0. The van der Waals surface area contributed by atoms with Crippen molar-refractivity contribution in [1.82, 2.24) is 19.9 Å². The molecule has 1 saturated heterocycles. The number of fused-ring (bicyclic) bond motifs is 8. The van der Waals surface area contributed by atoms with Crippen LogP contribution >= 0.6 is 0 Å². The summed E-state index contributed by atoms with van der Waals surface area (Å²) in [6, 6.07) is 19.3. The monoisotopic (exact) mass is 798 g/mol. The predicted molar refractivity (Wildman–Crippen MR) is 212 cm³/mol. The Morgan fingerprint density at radius 3 is 1.55 bits per heavy atom. The molecule has 8 rings (SSSR count). The third-order valence-corrected chi connectivity index (χ3v) is 10.8.